The number of carbonyl (C=O) groups excluding carboxylic acids is 1. The van der Waals surface area contributed by atoms with Crippen LogP contribution in [-0.4, -0.2) is 29.3 Å². The molecular weight excluding hydrogens is 198 g/mol. The first-order valence-electron chi connectivity index (χ1n) is 5.57. The Morgan fingerprint density at radius 3 is 2.50 bits per heavy atom. The predicted octanol–water partition coefficient (Wildman–Crippen LogP) is 2.79. The van der Waals surface area contributed by atoms with E-state index in [0.717, 1.165) is 19.3 Å². The summed E-state index contributed by atoms with van der Waals surface area (Å²) in [5.74, 6) is 0.0982. The fraction of sp³-hybridized carbons (Fsp3) is 0.909. The van der Waals surface area contributed by atoms with Gasteiger partial charge in [-0.15, -0.1) is 11.6 Å². The molecule has 0 aromatic heterocycles. The van der Waals surface area contributed by atoms with Gasteiger partial charge in [-0.25, -0.2) is 0 Å². The summed E-state index contributed by atoms with van der Waals surface area (Å²) in [5.41, 5.74) is 0. The van der Waals surface area contributed by atoms with Crippen LogP contribution in [0.4, 0.5) is 0 Å². The van der Waals surface area contributed by atoms with Gasteiger partial charge in [-0.2, -0.15) is 0 Å². The van der Waals surface area contributed by atoms with E-state index in [1.54, 1.807) is 0 Å². The Kier molecular flexibility index (Phi) is 4.73. The summed E-state index contributed by atoms with van der Waals surface area (Å²) in [5, 5.41) is -0.332. The first-order chi connectivity index (χ1) is 6.66. The van der Waals surface area contributed by atoms with Gasteiger partial charge in [0.05, 0.1) is 0 Å². The zero-order valence-corrected chi connectivity index (χ0v) is 9.89. The summed E-state index contributed by atoms with van der Waals surface area (Å²) in [6.45, 7) is 1.95. The second kappa shape index (κ2) is 5.59. The van der Waals surface area contributed by atoms with Crippen molar-refractivity contribution in [2.24, 2.45) is 0 Å². The van der Waals surface area contributed by atoms with Gasteiger partial charge in [0.2, 0.25) is 5.91 Å². The van der Waals surface area contributed by atoms with Crippen molar-refractivity contribution in [1.82, 2.24) is 4.90 Å². The second-order valence-electron chi connectivity index (χ2n) is 4.12. The molecule has 1 atom stereocenters. The lowest BCUT2D eigenvalue weighted by Crippen LogP contribution is -2.42. The van der Waals surface area contributed by atoms with E-state index in [0.29, 0.717) is 6.04 Å². The van der Waals surface area contributed by atoms with Crippen LogP contribution in [0.5, 0.6) is 0 Å². The lowest BCUT2D eigenvalue weighted by molar-refractivity contribution is -0.132. The largest absolute Gasteiger partial charge is 0.341 e. The summed E-state index contributed by atoms with van der Waals surface area (Å²) < 4.78 is 0. The predicted molar refractivity (Wildman–Crippen MR) is 59.6 cm³/mol. The van der Waals surface area contributed by atoms with Crippen molar-refractivity contribution in [1.29, 1.82) is 0 Å². The van der Waals surface area contributed by atoms with Crippen LogP contribution in [0.1, 0.15) is 45.4 Å². The van der Waals surface area contributed by atoms with Gasteiger partial charge in [0.1, 0.15) is 5.38 Å². The average Bonchev–Trinajstić information content (AvgIpc) is 2.27. The molecule has 1 saturated carbocycles. The van der Waals surface area contributed by atoms with Crippen LogP contribution in [0.2, 0.25) is 0 Å². The Balaban J connectivity index is 2.45. The third kappa shape index (κ3) is 2.88. The number of hydrogen-bond acceptors (Lipinski definition) is 1. The van der Waals surface area contributed by atoms with E-state index in [9.17, 15) is 4.79 Å². The highest BCUT2D eigenvalue weighted by molar-refractivity contribution is 6.30. The molecule has 1 rings (SSSR count). The Hall–Kier alpha value is -0.240. The van der Waals surface area contributed by atoms with Crippen molar-refractivity contribution >= 4 is 17.5 Å². The highest BCUT2D eigenvalue weighted by Crippen LogP contribution is 2.22. The van der Waals surface area contributed by atoms with Gasteiger partial charge in [0.25, 0.3) is 0 Å². The molecule has 1 fully saturated rings. The first kappa shape index (κ1) is 11.8. The van der Waals surface area contributed by atoms with E-state index in [1.165, 1.54) is 19.3 Å². The molecule has 0 aromatic rings. The highest BCUT2D eigenvalue weighted by atomic mass is 35.5. The molecular formula is C11H20ClNO. The number of nitrogens with zero attached hydrogens (tertiary/aromatic N) is 1. The zero-order chi connectivity index (χ0) is 10.6. The molecule has 0 N–H and O–H groups in total. The lowest BCUT2D eigenvalue weighted by atomic mass is 9.94. The minimum atomic E-state index is -0.332. The monoisotopic (exact) mass is 217 g/mol. The van der Waals surface area contributed by atoms with Crippen LogP contribution in [0.15, 0.2) is 0 Å². The maximum Gasteiger partial charge on any atom is 0.240 e. The summed E-state index contributed by atoms with van der Waals surface area (Å²) in [7, 11) is 1.89. The molecule has 14 heavy (non-hydrogen) atoms. The van der Waals surface area contributed by atoms with E-state index < -0.39 is 0 Å². The van der Waals surface area contributed by atoms with Gasteiger partial charge in [0.15, 0.2) is 0 Å². The minimum Gasteiger partial charge on any atom is -0.341 e. The number of halogens is 1. The SMILES string of the molecule is CC[C@@H](Cl)C(=O)N(C)C1CCCCC1. The number of hydrogen-bond donors (Lipinski definition) is 0. The minimum absolute atomic E-state index is 0.0982. The van der Waals surface area contributed by atoms with Crippen molar-refractivity contribution in [2.75, 3.05) is 7.05 Å². The molecule has 0 saturated heterocycles. The summed E-state index contributed by atoms with van der Waals surface area (Å²) in [4.78, 5) is 13.6. The van der Waals surface area contributed by atoms with E-state index in [2.05, 4.69) is 0 Å². The van der Waals surface area contributed by atoms with Crippen LogP contribution in [0.25, 0.3) is 0 Å². The third-order valence-corrected chi connectivity index (χ3v) is 3.59. The normalized spacial score (nSPS) is 20.5. The molecule has 0 radical (unpaired) electrons. The van der Waals surface area contributed by atoms with Crippen molar-refractivity contribution in [3.8, 4) is 0 Å². The van der Waals surface area contributed by atoms with Crippen LogP contribution in [-0.2, 0) is 4.79 Å². The standard InChI is InChI=1S/C11H20ClNO/c1-3-10(12)11(14)13(2)9-7-5-4-6-8-9/h9-10H,3-8H2,1-2H3/t10-/m1/s1. The van der Waals surface area contributed by atoms with E-state index in [4.69, 9.17) is 11.6 Å². The fourth-order valence-electron chi connectivity index (χ4n) is 2.04. The summed E-state index contributed by atoms with van der Waals surface area (Å²) in [6, 6.07) is 0.434. The van der Waals surface area contributed by atoms with Crippen molar-refractivity contribution in [3.05, 3.63) is 0 Å². The summed E-state index contributed by atoms with van der Waals surface area (Å²) >= 11 is 5.94. The molecule has 0 heterocycles. The molecule has 1 aliphatic carbocycles. The molecule has 2 nitrogen and oxygen atoms in total. The van der Waals surface area contributed by atoms with Crippen LogP contribution in [0, 0.1) is 0 Å². The van der Waals surface area contributed by atoms with E-state index >= 15 is 0 Å². The zero-order valence-electron chi connectivity index (χ0n) is 9.13. The van der Waals surface area contributed by atoms with Crippen LogP contribution in [0.3, 0.4) is 0 Å². The molecule has 82 valence electrons. The quantitative estimate of drug-likeness (QED) is 0.666. The fourth-order valence-corrected chi connectivity index (χ4v) is 2.20. The summed E-state index contributed by atoms with van der Waals surface area (Å²) in [6.07, 6.45) is 6.84. The van der Waals surface area contributed by atoms with Gasteiger partial charge >= 0.3 is 0 Å². The Labute approximate surface area is 91.6 Å². The van der Waals surface area contributed by atoms with Crippen molar-refractivity contribution < 1.29 is 4.79 Å². The third-order valence-electron chi connectivity index (χ3n) is 3.10. The maximum absolute atomic E-state index is 11.8. The second-order valence-corrected chi connectivity index (χ2v) is 4.64. The molecule has 0 aromatic carbocycles. The Morgan fingerprint density at radius 2 is 2.00 bits per heavy atom. The van der Waals surface area contributed by atoms with Gasteiger partial charge in [-0.1, -0.05) is 26.2 Å². The maximum atomic E-state index is 11.8. The van der Waals surface area contributed by atoms with Gasteiger partial charge < -0.3 is 4.90 Å². The Bertz CT molecular complexity index is 190. The van der Waals surface area contributed by atoms with Crippen LogP contribution >= 0.6 is 11.6 Å². The molecule has 1 amide bonds. The topological polar surface area (TPSA) is 20.3 Å². The number of alkyl halides is 1. The molecule has 0 unspecified atom stereocenters. The number of carbonyl (C=O) groups is 1. The van der Waals surface area contributed by atoms with Crippen LogP contribution < -0.4 is 0 Å². The molecule has 0 spiro atoms. The molecule has 0 aliphatic heterocycles. The first-order valence-corrected chi connectivity index (χ1v) is 6.01. The van der Waals surface area contributed by atoms with Gasteiger partial charge in [-0.05, 0) is 19.3 Å². The van der Waals surface area contributed by atoms with Crippen molar-refractivity contribution in [3.63, 3.8) is 0 Å². The number of rotatable bonds is 3. The average molecular weight is 218 g/mol. The highest BCUT2D eigenvalue weighted by Gasteiger charge is 2.25. The van der Waals surface area contributed by atoms with Gasteiger partial charge in [0, 0.05) is 13.1 Å². The molecule has 3 heteroatoms. The molecule has 1 aliphatic rings. The van der Waals surface area contributed by atoms with E-state index in [1.807, 2.05) is 18.9 Å². The number of amides is 1. The smallest absolute Gasteiger partial charge is 0.240 e. The Morgan fingerprint density at radius 1 is 1.43 bits per heavy atom. The van der Waals surface area contributed by atoms with E-state index in [-0.39, 0.29) is 11.3 Å². The van der Waals surface area contributed by atoms with Gasteiger partial charge in [-0.3, -0.25) is 4.79 Å². The molecule has 0 bridgehead atoms. The lowest BCUT2D eigenvalue weighted by Gasteiger charge is -2.32. The van der Waals surface area contributed by atoms with Crippen molar-refractivity contribution in [2.45, 2.75) is 56.9 Å².